The van der Waals surface area contributed by atoms with Crippen LogP contribution in [0.2, 0.25) is 0 Å². The minimum Gasteiger partial charge on any atom is -0.376 e. The van der Waals surface area contributed by atoms with E-state index in [2.05, 4.69) is 37.2 Å². The summed E-state index contributed by atoms with van der Waals surface area (Å²) in [5.41, 5.74) is 4.50. The van der Waals surface area contributed by atoms with Gasteiger partial charge >= 0.3 is 0 Å². The monoisotopic (exact) mass is 634 g/mol. The van der Waals surface area contributed by atoms with Gasteiger partial charge in [0.05, 0.1) is 37.8 Å². The lowest BCUT2D eigenvalue weighted by Crippen LogP contribution is -2.56. The summed E-state index contributed by atoms with van der Waals surface area (Å²) >= 11 is 8.05. The van der Waals surface area contributed by atoms with E-state index in [1.807, 2.05) is 48.5 Å². The molecule has 2 fully saturated rings. The van der Waals surface area contributed by atoms with E-state index < -0.39 is 20.5 Å². The van der Waals surface area contributed by atoms with Gasteiger partial charge in [-0.15, -0.1) is 0 Å². The highest BCUT2D eigenvalue weighted by molar-refractivity contribution is 9.10. The molecule has 8 heteroatoms. The lowest BCUT2D eigenvalue weighted by molar-refractivity contribution is -0.122. The second kappa shape index (κ2) is 8.60. The van der Waals surface area contributed by atoms with Crippen LogP contribution in [0, 0.1) is 11.8 Å². The first kappa shape index (κ1) is 24.2. The van der Waals surface area contributed by atoms with E-state index in [-0.39, 0.29) is 23.8 Å². The number of carbonyl (C=O) groups excluding carboxylic acids is 3. The Morgan fingerprint density at radius 2 is 1.34 bits per heavy atom. The van der Waals surface area contributed by atoms with E-state index in [9.17, 15) is 14.4 Å². The van der Waals surface area contributed by atoms with Crippen LogP contribution in [0.4, 0.5) is 5.69 Å². The molecular formula is C30H24Br2N2O4. The summed E-state index contributed by atoms with van der Waals surface area (Å²) in [6.45, 7) is 1.09. The predicted molar refractivity (Wildman–Crippen MR) is 150 cm³/mol. The zero-order valence-corrected chi connectivity index (χ0v) is 23.5. The first-order chi connectivity index (χ1) is 18.4. The molecule has 38 heavy (non-hydrogen) atoms. The first-order valence-electron chi connectivity index (χ1n) is 12.8. The average molecular weight is 636 g/mol. The van der Waals surface area contributed by atoms with Gasteiger partial charge in [0.1, 0.15) is 0 Å². The molecule has 0 radical (unpaired) electrons. The molecule has 2 bridgehead atoms. The number of hydrogen-bond acceptors (Lipinski definition) is 4. The quantitative estimate of drug-likeness (QED) is 0.323. The fraction of sp³-hybridized carbons (Fsp3) is 0.300. The number of amides is 3. The number of para-hydroxylation sites is 1. The molecular weight excluding hydrogens is 612 g/mol. The van der Waals surface area contributed by atoms with E-state index in [1.54, 1.807) is 24.3 Å². The SMILES string of the molecule is O=C(NC[C@@H]1CCCO1)c1ccccc1N1C(=O)[C@@H]2[C@H](C1=O)C1(Br)c3ccccc3C2(Br)c2ccccc21. The Hall–Kier alpha value is -2.81. The standard InChI is InChI=1S/C30H24Br2N2O4/c31-29-19-10-2-3-11-20(19)30(32,22-13-5-4-12-21(22)29)25-24(29)27(36)34(28(25)37)23-14-6-1-9-18(23)26(35)33-16-17-8-7-15-38-17/h1-6,9-14,17,24-25H,7-8,15-16H2,(H,33,35)/t17-,24-,25+,29?,30?/m0/s1. The van der Waals surface area contributed by atoms with Gasteiger partial charge in [-0.25, -0.2) is 4.90 Å². The second-order valence-corrected chi connectivity index (χ2v) is 12.8. The minimum atomic E-state index is -0.876. The second-order valence-electron chi connectivity index (χ2n) is 10.3. The Bertz CT molecular complexity index is 1390. The van der Waals surface area contributed by atoms with Crippen molar-refractivity contribution < 1.29 is 19.1 Å². The van der Waals surface area contributed by atoms with Crippen molar-refractivity contribution in [2.45, 2.75) is 27.6 Å². The van der Waals surface area contributed by atoms with Crippen molar-refractivity contribution in [3.8, 4) is 0 Å². The van der Waals surface area contributed by atoms with Gasteiger partial charge in [0, 0.05) is 13.2 Å². The molecule has 0 unspecified atom stereocenters. The van der Waals surface area contributed by atoms with Crippen LogP contribution in [0.15, 0.2) is 72.8 Å². The number of rotatable bonds is 4. The van der Waals surface area contributed by atoms with E-state index in [0.29, 0.717) is 24.4 Å². The molecule has 3 aromatic carbocycles. The molecule has 2 heterocycles. The largest absolute Gasteiger partial charge is 0.376 e. The van der Waals surface area contributed by atoms with E-state index in [4.69, 9.17) is 4.74 Å². The van der Waals surface area contributed by atoms with Crippen LogP contribution in [0.1, 0.15) is 45.5 Å². The molecule has 2 saturated heterocycles. The number of benzene rings is 3. The Kier molecular flexibility index (Phi) is 5.49. The Morgan fingerprint density at radius 1 is 0.842 bits per heavy atom. The van der Waals surface area contributed by atoms with Crippen molar-refractivity contribution in [1.82, 2.24) is 5.32 Å². The molecule has 192 valence electrons. The third kappa shape index (κ3) is 3.05. The van der Waals surface area contributed by atoms with Gasteiger partial charge in [-0.3, -0.25) is 14.4 Å². The number of halogens is 2. The summed E-state index contributed by atoms with van der Waals surface area (Å²) in [6.07, 6.45) is 1.86. The first-order valence-corrected chi connectivity index (χ1v) is 14.4. The van der Waals surface area contributed by atoms with Gasteiger partial charge in [-0.2, -0.15) is 0 Å². The Morgan fingerprint density at radius 3 is 1.84 bits per heavy atom. The zero-order valence-electron chi connectivity index (χ0n) is 20.3. The maximum atomic E-state index is 14.4. The van der Waals surface area contributed by atoms with Gasteiger partial charge in [-0.1, -0.05) is 92.5 Å². The van der Waals surface area contributed by atoms with Crippen molar-refractivity contribution in [2.75, 3.05) is 18.1 Å². The maximum absolute atomic E-state index is 14.4. The number of nitrogens with zero attached hydrogens (tertiary/aromatic N) is 1. The van der Waals surface area contributed by atoms with Gasteiger partial charge in [0.25, 0.3) is 5.91 Å². The van der Waals surface area contributed by atoms with Crippen molar-refractivity contribution in [3.05, 3.63) is 101 Å². The highest BCUT2D eigenvalue weighted by Gasteiger charge is 2.72. The highest BCUT2D eigenvalue weighted by Crippen LogP contribution is 2.70. The van der Waals surface area contributed by atoms with Crippen LogP contribution in [0.3, 0.4) is 0 Å². The van der Waals surface area contributed by atoms with Crippen LogP contribution in [0.25, 0.3) is 0 Å². The molecule has 0 saturated carbocycles. The summed E-state index contributed by atoms with van der Waals surface area (Å²) in [7, 11) is 0. The lowest BCUT2D eigenvalue weighted by atomic mass is 9.54. The lowest BCUT2D eigenvalue weighted by Gasteiger charge is -2.55. The van der Waals surface area contributed by atoms with Gasteiger partial charge in [-0.05, 0) is 47.2 Å². The molecule has 3 aromatic rings. The fourth-order valence-electron chi connectivity index (χ4n) is 6.87. The third-order valence-corrected chi connectivity index (χ3v) is 11.2. The molecule has 6 nitrogen and oxygen atoms in total. The molecule has 8 rings (SSSR count). The Balaban J connectivity index is 1.34. The summed E-state index contributed by atoms with van der Waals surface area (Å²) in [6, 6.07) is 22.8. The number of carbonyl (C=O) groups is 3. The van der Waals surface area contributed by atoms with E-state index in [1.165, 1.54) is 4.90 Å². The summed E-state index contributed by atoms with van der Waals surface area (Å²) in [4.78, 5) is 43.2. The summed E-state index contributed by atoms with van der Waals surface area (Å²) < 4.78 is 3.89. The van der Waals surface area contributed by atoms with Crippen molar-refractivity contribution >= 4 is 55.3 Å². The topological polar surface area (TPSA) is 75.7 Å². The van der Waals surface area contributed by atoms with Crippen LogP contribution in [0.5, 0.6) is 0 Å². The molecule has 2 aliphatic heterocycles. The van der Waals surface area contributed by atoms with Crippen LogP contribution in [-0.4, -0.2) is 37.0 Å². The van der Waals surface area contributed by atoms with Crippen LogP contribution < -0.4 is 10.2 Å². The predicted octanol–water partition coefficient (Wildman–Crippen LogP) is 5.01. The summed E-state index contributed by atoms with van der Waals surface area (Å²) in [5, 5.41) is 2.94. The number of anilines is 1. The number of alkyl halides is 2. The molecule has 0 spiro atoms. The van der Waals surface area contributed by atoms with Gasteiger partial charge in [0.15, 0.2) is 0 Å². The zero-order chi connectivity index (χ0) is 26.2. The molecule has 3 amide bonds. The molecule has 5 aliphatic rings. The maximum Gasteiger partial charge on any atom is 0.253 e. The van der Waals surface area contributed by atoms with Crippen molar-refractivity contribution in [2.24, 2.45) is 11.8 Å². The average Bonchev–Trinajstić information content (AvgIpc) is 3.56. The fourth-order valence-corrected chi connectivity index (χ4v) is 9.18. The Labute approximate surface area is 237 Å². The number of ether oxygens (including phenoxy) is 1. The van der Waals surface area contributed by atoms with Crippen LogP contribution in [-0.2, 0) is 23.0 Å². The molecule has 3 aliphatic carbocycles. The number of nitrogens with one attached hydrogen (secondary N) is 1. The third-order valence-electron chi connectivity index (χ3n) is 8.49. The summed E-state index contributed by atoms with van der Waals surface area (Å²) in [5.74, 6) is -2.35. The van der Waals surface area contributed by atoms with Gasteiger partial charge in [0.2, 0.25) is 11.8 Å². The van der Waals surface area contributed by atoms with Gasteiger partial charge < -0.3 is 10.1 Å². The molecule has 3 atom stereocenters. The molecule has 0 aromatic heterocycles. The van der Waals surface area contributed by atoms with Crippen molar-refractivity contribution in [3.63, 3.8) is 0 Å². The minimum absolute atomic E-state index is 0.0156. The highest BCUT2D eigenvalue weighted by atomic mass is 79.9. The smallest absolute Gasteiger partial charge is 0.253 e. The van der Waals surface area contributed by atoms with Crippen LogP contribution >= 0.6 is 31.9 Å². The molecule has 1 N–H and O–H groups in total. The number of hydrogen-bond donors (Lipinski definition) is 1. The van der Waals surface area contributed by atoms with Crippen molar-refractivity contribution in [1.29, 1.82) is 0 Å². The van der Waals surface area contributed by atoms with E-state index >= 15 is 0 Å². The number of imide groups is 1. The normalized spacial score (nSPS) is 30.7. The van der Waals surface area contributed by atoms with E-state index in [0.717, 1.165) is 35.1 Å².